The monoisotopic (exact) mass is 352 g/mol. The van der Waals surface area contributed by atoms with Crippen LogP contribution in [0.3, 0.4) is 0 Å². The minimum atomic E-state index is -0.0311. The number of hydrogen-bond donors (Lipinski definition) is 0. The zero-order chi connectivity index (χ0) is 14.6. The van der Waals surface area contributed by atoms with E-state index < -0.39 is 0 Å². The van der Waals surface area contributed by atoms with Crippen LogP contribution < -0.4 is 0 Å². The Morgan fingerprint density at radius 1 is 1.10 bits per heavy atom. The third kappa shape index (κ3) is 4.34. The molecule has 2 aromatic carbocycles. The summed E-state index contributed by atoms with van der Waals surface area (Å²) < 4.78 is 6.95. The van der Waals surface area contributed by atoms with Gasteiger partial charge < -0.3 is 4.74 Å². The van der Waals surface area contributed by atoms with E-state index in [9.17, 15) is 0 Å². The lowest BCUT2D eigenvalue weighted by molar-refractivity contribution is 0.0825. The van der Waals surface area contributed by atoms with Crippen molar-refractivity contribution in [2.75, 3.05) is 6.61 Å². The zero-order valence-corrected chi connectivity index (χ0v) is 14.0. The van der Waals surface area contributed by atoms with Crippen molar-refractivity contribution < 1.29 is 4.74 Å². The second-order valence-electron chi connectivity index (χ2n) is 5.51. The van der Waals surface area contributed by atoms with Crippen LogP contribution in [-0.2, 0) is 16.8 Å². The molecular formula is C17H18BrClO. The fourth-order valence-corrected chi connectivity index (χ4v) is 2.61. The van der Waals surface area contributed by atoms with Crippen molar-refractivity contribution in [1.82, 2.24) is 0 Å². The maximum Gasteiger partial charge on any atom is 0.0717 e. The highest BCUT2D eigenvalue weighted by Crippen LogP contribution is 2.25. The first-order valence-corrected chi connectivity index (χ1v) is 7.73. The van der Waals surface area contributed by atoms with Crippen LogP contribution >= 0.6 is 27.5 Å². The molecule has 0 aromatic heterocycles. The smallest absolute Gasteiger partial charge is 0.0717 e. The van der Waals surface area contributed by atoms with Crippen molar-refractivity contribution in [3.05, 3.63) is 69.2 Å². The normalized spacial score (nSPS) is 11.6. The van der Waals surface area contributed by atoms with Crippen LogP contribution in [0.15, 0.2) is 53.0 Å². The molecule has 20 heavy (non-hydrogen) atoms. The molecule has 0 radical (unpaired) electrons. The number of rotatable bonds is 5. The van der Waals surface area contributed by atoms with Crippen molar-refractivity contribution in [1.29, 1.82) is 0 Å². The average molecular weight is 354 g/mol. The molecule has 0 unspecified atom stereocenters. The summed E-state index contributed by atoms with van der Waals surface area (Å²) in [5.41, 5.74) is 2.37. The summed E-state index contributed by atoms with van der Waals surface area (Å²) in [5.74, 6) is 0. The molecule has 0 bridgehead atoms. The minimum Gasteiger partial charge on any atom is -0.376 e. The van der Waals surface area contributed by atoms with Gasteiger partial charge in [0, 0.05) is 14.9 Å². The Balaban J connectivity index is 1.94. The molecular weight excluding hydrogens is 336 g/mol. The Morgan fingerprint density at radius 2 is 1.80 bits per heavy atom. The zero-order valence-electron chi connectivity index (χ0n) is 11.7. The lowest BCUT2D eigenvalue weighted by Gasteiger charge is -2.25. The van der Waals surface area contributed by atoms with Crippen molar-refractivity contribution in [3.8, 4) is 0 Å². The third-order valence-electron chi connectivity index (χ3n) is 3.25. The molecule has 2 rings (SSSR count). The number of hydrogen-bond acceptors (Lipinski definition) is 1. The van der Waals surface area contributed by atoms with E-state index >= 15 is 0 Å². The Hall–Kier alpha value is -0.830. The Bertz CT molecular complexity index is 563. The summed E-state index contributed by atoms with van der Waals surface area (Å²) in [7, 11) is 0. The number of benzene rings is 2. The highest BCUT2D eigenvalue weighted by atomic mass is 79.9. The number of ether oxygens (including phenoxy) is 1. The molecule has 2 aromatic rings. The van der Waals surface area contributed by atoms with Gasteiger partial charge in [0.05, 0.1) is 13.2 Å². The van der Waals surface area contributed by atoms with Crippen molar-refractivity contribution in [2.45, 2.75) is 25.9 Å². The van der Waals surface area contributed by atoms with Gasteiger partial charge >= 0.3 is 0 Å². The fourth-order valence-electron chi connectivity index (χ4n) is 2.04. The van der Waals surface area contributed by atoms with E-state index in [0.717, 1.165) is 9.50 Å². The van der Waals surface area contributed by atoms with Gasteiger partial charge in [0.15, 0.2) is 0 Å². The first-order chi connectivity index (χ1) is 9.47. The Labute approximate surface area is 134 Å². The Morgan fingerprint density at radius 3 is 2.45 bits per heavy atom. The molecule has 0 amide bonds. The van der Waals surface area contributed by atoms with E-state index in [-0.39, 0.29) is 5.41 Å². The summed E-state index contributed by atoms with van der Waals surface area (Å²) >= 11 is 9.39. The van der Waals surface area contributed by atoms with E-state index in [0.29, 0.717) is 13.2 Å². The van der Waals surface area contributed by atoms with Crippen LogP contribution in [0.2, 0.25) is 5.02 Å². The van der Waals surface area contributed by atoms with Crippen molar-refractivity contribution >= 4 is 27.5 Å². The molecule has 0 aliphatic carbocycles. The lowest BCUT2D eigenvalue weighted by Crippen LogP contribution is -2.24. The molecule has 0 heterocycles. The van der Waals surface area contributed by atoms with E-state index in [4.69, 9.17) is 16.3 Å². The van der Waals surface area contributed by atoms with Crippen molar-refractivity contribution in [3.63, 3.8) is 0 Å². The highest BCUT2D eigenvalue weighted by molar-refractivity contribution is 9.10. The molecule has 1 nitrogen and oxygen atoms in total. The summed E-state index contributed by atoms with van der Waals surface area (Å²) in [6.45, 7) is 5.64. The van der Waals surface area contributed by atoms with Crippen LogP contribution in [0.5, 0.6) is 0 Å². The van der Waals surface area contributed by atoms with E-state index in [1.807, 2.05) is 24.3 Å². The number of halogens is 2. The van der Waals surface area contributed by atoms with Gasteiger partial charge in [-0.1, -0.05) is 65.6 Å². The van der Waals surface area contributed by atoms with Gasteiger partial charge in [0.1, 0.15) is 0 Å². The van der Waals surface area contributed by atoms with E-state index in [1.165, 1.54) is 11.1 Å². The van der Waals surface area contributed by atoms with Gasteiger partial charge in [0.25, 0.3) is 0 Å². The molecule has 0 fully saturated rings. The van der Waals surface area contributed by atoms with Gasteiger partial charge in [-0.25, -0.2) is 0 Å². The minimum absolute atomic E-state index is 0.0311. The molecule has 0 N–H and O–H groups in total. The molecule has 0 atom stereocenters. The molecule has 0 aliphatic rings. The fraction of sp³-hybridized carbons (Fsp3) is 0.294. The predicted molar refractivity (Wildman–Crippen MR) is 88.3 cm³/mol. The summed E-state index contributed by atoms with van der Waals surface area (Å²) in [6, 6.07) is 16.2. The summed E-state index contributed by atoms with van der Waals surface area (Å²) in [4.78, 5) is 0. The summed E-state index contributed by atoms with van der Waals surface area (Å²) in [5, 5.41) is 0.764. The largest absolute Gasteiger partial charge is 0.376 e. The molecule has 0 saturated heterocycles. The molecule has 106 valence electrons. The van der Waals surface area contributed by atoms with Gasteiger partial charge in [-0.05, 0) is 35.4 Å². The topological polar surface area (TPSA) is 9.23 Å². The van der Waals surface area contributed by atoms with Gasteiger partial charge in [-0.15, -0.1) is 0 Å². The van der Waals surface area contributed by atoms with Crippen LogP contribution in [0.4, 0.5) is 0 Å². The average Bonchev–Trinajstić information content (AvgIpc) is 2.39. The summed E-state index contributed by atoms with van der Waals surface area (Å²) in [6.07, 6.45) is 0. The molecule has 3 heteroatoms. The maximum atomic E-state index is 5.93. The van der Waals surface area contributed by atoms with E-state index in [2.05, 4.69) is 54.0 Å². The van der Waals surface area contributed by atoms with Crippen molar-refractivity contribution in [2.24, 2.45) is 0 Å². The first-order valence-electron chi connectivity index (χ1n) is 6.56. The highest BCUT2D eigenvalue weighted by Gasteiger charge is 2.20. The molecule has 0 spiro atoms. The second-order valence-corrected chi connectivity index (χ2v) is 6.87. The SMILES string of the molecule is CC(C)(COCc1cccc(Br)c1)c1ccc(Cl)cc1. The molecule has 0 aliphatic heterocycles. The third-order valence-corrected chi connectivity index (χ3v) is 3.99. The van der Waals surface area contributed by atoms with Crippen LogP contribution in [0.1, 0.15) is 25.0 Å². The Kier molecular flexibility index (Phi) is 5.25. The van der Waals surface area contributed by atoms with Crippen LogP contribution in [0.25, 0.3) is 0 Å². The second kappa shape index (κ2) is 6.75. The van der Waals surface area contributed by atoms with Crippen LogP contribution in [-0.4, -0.2) is 6.61 Å². The van der Waals surface area contributed by atoms with Gasteiger partial charge in [0.2, 0.25) is 0 Å². The quantitative estimate of drug-likeness (QED) is 0.680. The van der Waals surface area contributed by atoms with Gasteiger partial charge in [-0.3, -0.25) is 0 Å². The standard InChI is InChI=1S/C17H18BrClO/c1-17(2,14-6-8-16(19)9-7-14)12-20-11-13-4-3-5-15(18)10-13/h3-10H,11-12H2,1-2H3. The lowest BCUT2D eigenvalue weighted by atomic mass is 9.86. The maximum absolute atomic E-state index is 5.93. The van der Waals surface area contributed by atoms with Crippen LogP contribution in [0, 0.1) is 0 Å². The van der Waals surface area contributed by atoms with E-state index in [1.54, 1.807) is 0 Å². The first kappa shape index (κ1) is 15.6. The molecule has 0 saturated carbocycles. The predicted octanol–water partition coefficient (Wildman–Crippen LogP) is 5.60. The van der Waals surface area contributed by atoms with Gasteiger partial charge in [-0.2, -0.15) is 0 Å².